The molecule has 0 bridgehead atoms. The number of nitrogens with zero attached hydrogens (tertiary/aromatic N) is 1. The number of ether oxygens (including phenoxy) is 1. The van der Waals surface area contributed by atoms with Gasteiger partial charge in [0.05, 0.1) is 13.2 Å². The van der Waals surface area contributed by atoms with Crippen molar-refractivity contribution in [3.8, 4) is 5.75 Å². The van der Waals surface area contributed by atoms with Gasteiger partial charge in [-0.3, -0.25) is 0 Å². The van der Waals surface area contributed by atoms with Crippen molar-refractivity contribution in [2.24, 2.45) is 5.92 Å². The topological polar surface area (TPSA) is 48.5 Å². The summed E-state index contributed by atoms with van der Waals surface area (Å²) in [5.41, 5.74) is 2.00. The molecule has 1 saturated heterocycles. The Balaban J connectivity index is 1.79. The highest BCUT2D eigenvalue weighted by atomic mass is 16.5. The number of β-amino-alcohol motifs (C(OH)–C–C–N with tert-alkyl or cyclic N) is 1. The number of piperidine rings is 1. The van der Waals surface area contributed by atoms with Gasteiger partial charge >= 0.3 is 0 Å². The quantitative estimate of drug-likeness (QED) is 0.909. The van der Waals surface area contributed by atoms with Crippen molar-refractivity contribution in [2.75, 3.05) is 26.7 Å². The number of rotatable bonds is 4. The summed E-state index contributed by atoms with van der Waals surface area (Å²) >= 11 is 0. The summed E-state index contributed by atoms with van der Waals surface area (Å²) in [7, 11) is 1.67. The van der Waals surface area contributed by atoms with Gasteiger partial charge in [0.1, 0.15) is 5.75 Å². The molecule has 1 aromatic carbocycles. The van der Waals surface area contributed by atoms with Crippen LogP contribution in [0.15, 0.2) is 24.4 Å². The highest BCUT2D eigenvalue weighted by molar-refractivity contribution is 5.85. The molecule has 2 heterocycles. The lowest BCUT2D eigenvalue weighted by molar-refractivity contribution is 0.0884. The lowest BCUT2D eigenvalue weighted by Crippen LogP contribution is -2.37. The third-order valence-corrected chi connectivity index (χ3v) is 4.45. The van der Waals surface area contributed by atoms with Gasteiger partial charge in [0.25, 0.3) is 0 Å². The zero-order chi connectivity index (χ0) is 14.8. The minimum atomic E-state index is -0.462. The van der Waals surface area contributed by atoms with Gasteiger partial charge in [-0.05, 0) is 43.5 Å². The molecule has 21 heavy (non-hydrogen) atoms. The summed E-state index contributed by atoms with van der Waals surface area (Å²) in [6, 6.07) is 5.91. The summed E-state index contributed by atoms with van der Waals surface area (Å²) < 4.78 is 5.28. The number of methoxy groups -OCH3 is 1. The van der Waals surface area contributed by atoms with Crippen LogP contribution in [-0.2, 0) is 0 Å². The number of likely N-dealkylation sites (tertiary alicyclic amines) is 1. The van der Waals surface area contributed by atoms with Gasteiger partial charge in [-0.2, -0.15) is 0 Å². The highest BCUT2D eigenvalue weighted by Crippen LogP contribution is 2.29. The highest BCUT2D eigenvalue weighted by Gasteiger charge is 2.21. The second kappa shape index (κ2) is 6.08. The fraction of sp³-hybridized carbons (Fsp3) is 0.529. The van der Waals surface area contributed by atoms with E-state index < -0.39 is 6.10 Å². The summed E-state index contributed by atoms with van der Waals surface area (Å²) in [4.78, 5) is 5.61. The predicted octanol–water partition coefficient (Wildman–Crippen LogP) is 2.94. The number of H-pyrrole nitrogens is 1. The maximum Gasteiger partial charge on any atom is 0.119 e. The van der Waals surface area contributed by atoms with E-state index in [0.717, 1.165) is 41.2 Å². The van der Waals surface area contributed by atoms with E-state index in [2.05, 4.69) is 16.8 Å². The van der Waals surface area contributed by atoms with Crippen molar-refractivity contribution >= 4 is 10.9 Å². The fourth-order valence-corrected chi connectivity index (χ4v) is 3.32. The average Bonchev–Trinajstić information content (AvgIpc) is 2.90. The van der Waals surface area contributed by atoms with Crippen molar-refractivity contribution in [3.63, 3.8) is 0 Å². The van der Waals surface area contributed by atoms with E-state index in [9.17, 15) is 5.11 Å². The minimum Gasteiger partial charge on any atom is -0.497 e. The molecule has 2 unspecified atom stereocenters. The number of fused-ring (bicyclic) bond motifs is 1. The van der Waals surface area contributed by atoms with Gasteiger partial charge in [0.2, 0.25) is 0 Å². The molecule has 1 aromatic heterocycles. The van der Waals surface area contributed by atoms with E-state index in [1.807, 2.05) is 24.4 Å². The number of hydrogen-bond acceptors (Lipinski definition) is 3. The molecule has 0 spiro atoms. The molecule has 4 heteroatoms. The molecule has 2 N–H and O–H groups in total. The Morgan fingerprint density at radius 1 is 1.48 bits per heavy atom. The Hall–Kier alpha value is -1.52. The molecule has 114 valence electrons. The Labute approximate surface area is 125 Å². The van der Waals surface area contributed by atoms with Crippen LogP contribution in [0, 0.1) is 5.92 Å². The van der Waals surface area contributed by atoms with E-state index in [0.29, 0.717) is 6.54 Å². The van der Waals surface area contributed by atoms with Gasteiger partial charge < -0.3 is 19.7 Å². The van der Waals surface area contributed by atoms with Crippen molar-refractivity contribution in [2.45, 2.75) is 25.9 Å². The molecule has 1 fully saturated rings. The van der Waals surface area contributed by atoms with Gasteiger partial charge in [-0.15, -0.1) is 0 Å². The Kier molecular flexibility index (Phi) is 4.17. The van der Waals surface area contributed by atoms with Crippen LogP contribution in [0.25, 0.3) is 10.9 Å². The lowest BCUT2D eigenvalue weighted by atomic mass is 9.99. The maximum absolute atomic E-state index is 10.6. The number of hydrogen-bond donors (Lipinski definition) is 2. The molecule has 0 radical (unpaired) electrons. The molecule has 1 aliphatic heterocycles. The van der Waals surface area contributed by atoms with Gasteiger partial charge in [-0.25, -0.2) is 0 Å². The summed E-state index contributed by atoms with van der Waals surface area (Å²) in [5, 5.41) is 11.7. The van der Waals surface area contributed by atoms with Crippen LogP contribution in [0.4, 0.5) is 0 Å². The summed E-state index contributed by atoms with van der Waals surface area (Å²) in [6.45, 7) is 5.17. The molecular weight excluding hydrogens is 264 g/mol. The van der Waals surface area contributed by atoms with E-state index in [-0.39, 0.29) is 0 Å². The Morgan fingerprint density at radius 2 is 2.33 bits per heavy atom. The lowest BCUT2D eigenvalue weighted by Gasteiger charge is -2.32. The van der Waals surface area contributed by atoms with E-state index in [1.54, 1.807) is 7.11 Å². The summed E-state index contributed by atoms with van der Waals surface area (Å²) in [6.07, 6.45) is 3.99. The smallest absolute Gasteiger partial charge is 0.119 e. The van der Waals surface area contributed by atoms with E-state index >= 15 is 0 Å². The monoisotopic (exact) mass is 288 g/mol. The number of aliphatic hydroxyl groups excluding tert-OH is 1. The normalized spacial score (nSPS) is 21.6. The first-order valence-corrected chi connectivity index (χ1v) is 7.73. The molecule has 0 saturated carbocycles. The van der Waals surface area contributed by atoms with Crippen LogP contribution < -0.4 is 4.74 Å². The first-order valence-electron chi connectivity index (χ1n) is 7.73. The standard InChI is InChI=1S/C17H24N2O2/c1-12-4-3-7-19(10-12)11-17(20)15-9-18-16-6-5-13(21-2)8-14(15)16/h5-6,8-9,12,17-18,20H,3-4,7,10-11H2,1-2H3. The van der Waals surface area contributed by atoms with Crippen molar-refractivity contribution in [1.29, 1.82) is 0 Å². The van der Waals surface area contributed by atoms with Gasteiger partial charge in [-0.1, -0.05) is 6.92 Å². The van der Waals surface area contributed by atoms with Crippen LogP contribution in [0.3, 0.4) is 0 Å². The van der Waals surface area contributed by atoms with Crippen LogP contribution >= 0.6 is 0 Å². The van der Waals surface area contributed by atoms with Crippen molar-refractivity contribution in [3.05, 3.63) is 30.0 Å². The molecule has 4 nitrogen and oxygen atoms in total. The third kappa shape index (κ3) is 3.06. The number of nitrogens with one attached hydrogen (secondary N) is 1. The third-order valence-electron chi connectivity index (χ3n) is 4.45. The van der Waals surface area contributed by atoms with Crippen LogP contribution in [0.2, 0.25) is 0 Å². The first kappa shape index (κ1) is 14.4. The second-order valence-electron chi connectivity index (χ2n) is 6.18. The first-order chi connectivity index (χ1) is 10.2. The van der Waals surface area contributed by atoms with E-state index in [4.69, 9.17) is 4.74 Å². The molecular formula is C17H24N2O2. The van der Waals surface area contributed by atoms with Crippen LogP contribution in [0.1, 0.15) is 31.4 Å². The molecule has 0 aliphatic carbocycles. The molecule has 2 atom stereocenters. The van der Waals surface area contributed by atoms with Gasteiger partial charge in [0.15, 0.2) is 0 Å². The molecule has 2 aromatic rings. The minimum absolute atomic E-state index is 0.462. The number of aromatic nitrogens is 1. The van der Waals surface area contributed by atoms with Crippen molar-refractivity contribution < 1.29 is 9.84 Å². The zero-order valence-corrected chi connectivity index (χ0v) is 12.8. The maximum atomic E-state index is 10.6. The zero-order valence-electron chi connectivity index (χ0n) is 12.8. The Morgan fingerprint density at radius 3 is 3.10 bits per heavy atom. The largest absolute Gasteiger partial charge is 0.497 e. The SMILES string of the molecule is COc1ccc2[nH]cc(C(O)CN3CCCC(C)C3)c2c1. The molecule has 1 aliphatic rings. The number of benzene rings is 1. The van der Waals surface area contributed by atoms with Crippen LogP contribution in [0.5, 0.6) is 5.75 Å². The molecule has 3 rings (SSSR count). The van der Waals surface area contributed by atoms with E-state index in [1.165, 1.54) is 12.8 Å². The Bertz CT molecular complexity index is 608. The average molecular weight is 288 g/mol. The second-order valence-corrected chi connectivity index (χ2v) is 6.18. The summed E-state index contributed by atoms with van der Waals surface area (Å²) in [5.74, 6) is 1.55. The number of aromatic amines is 1. The number of aliphatic hydroxyl groups is 1. The van der Waals surface area contributed by atoms with Crippen molar-refractivity contribution in [1.82, 2.24) is 9.88 Å². The fourth-order valence-electron chi connectivity index (χ4n) is 3.32. The van der Waals surface area contributed by atoms with Gasteiger partial charge in [0, 0.05) is 35.8 Å². The predicted molar refractivity (Wildman–Crippen MR) is 84.6 cm³/mol. The molecule has 0 amide bonds. The van der Waals surface area contributed by atoms with Crippen LogP contribution in [-0.4, -0.2) is 41.7 Å².